The van der Waals surface area contributed by atoms with Crippen molar-refractivity contribution in [2.24, 2.45) is 5.92 Å². The fraction of sp³-hybridized carbons (Fsp3) is 0.435. The van der Waals surface area contributed by atoms with Crippen LogP contribution in [0.25, 0.3) is 0 Å². The first-order chi connectivity index (χ1) is 13.6. The van der Waals surface area contributed by atoms with Crippen LogP contribution in [0.4, 0.5) is 0 Å². The van der Waals surface area contributed by atoms with Crippen molar-refractivity contribution in [1.82, 2.24) is 5.32 Å². The van der Waals surface area contributed by atoms with Crippen molar-refractivity contribution in [3.63, 3.8) is 0 Å². The third-order valence-corrected chi connectivity index (χ3v) is 5.06. The fourth-order valence-corrected chi connectivity index (χ4v) is 3.54. The molecule has 0 unspecified atom stereocenters. The summed E-state index contributed by atoms with van der Waals surface area (Å²) in [6, 6.07) is 20.0. The summed E-state index contributed by atoms with van der Waals surface area (Å²) < 4.78 is 18.1. The number of amides is 1. The molecule has 1 amide bonds. The number of ether oxygens (including phenoxy) is 3. The van der Waals surface area contributed by atoms with Gasteiger partial charge in [0.1, 0.15) is 0 Å². The number of carbonyl (C=O) groups excluding carboxylic acids is 1. The lowest BCUT2D eigenvalue weighted by molar-refractivity contribution is -0.157. The second-order valence-corrected chi connectivity index (χ2v) is 7.30. The van der Waals surface area contributed by atoms with Gasteiger partial charge in [0, 0.05) is 12.8 Å². The zero-order valence-electron chi connectivity index (χ0n) is 16.5. The third kappa shape index (κ3) is 5.89. The minimum absolute atomic E-state index is 0.0745. The lowest BCUT2D eigenvalue weighted by Crippen LogP contribution is -2.57. The maximum atomic E-state index is 11.6. The molecule has 1 N–H and O–H groups in total. The molecule has 0 spiro atoms. The molecule has 1 fully saturated rings. The van der Waals surface area contributed by atoms with Crippen molar-refractivity contribution in [1.29, 1.82) is 0 Å². The molecular weight excluding hydrogens is 354 g/mol. The largest absolute Gasteiger partial charge is 0.374 e. The van der Waals surface area contributed by atoms with E-state index < -0.39 is 0 Å². The highest BCUT2D eigenvalue weighted by molar-refractivity contribution is 5.73. The Morgan fingerprint density at radius 1 is 1.04 bits per heavy atom. The number of hydrogen-bond acceptors (Lipinski definition) is 4. The Kier molecular flexibility index (Phi) is 7.60. The van der Waals surface area contributed by atoms with E-state index in [-0.39, 0.29) is 30.1 Å². The number of benzene rings is 2. The Balaban J connectivity index is 1.58. The molecule has 1 aliphatic rings. The van der Waals surface area contributed by atoms with Crippen LogP contribution in [-0.4, -0.2) is 37.4 Å². The van der Waals surface area contributed by atoms with Crippen LogP contribution in [0, 0.1) is 5.92 Å². The summed E-state index contributed by atoms with van der Waals surface area (Å²) in [7, 11) is 0. The summed E-state index contributed by atoms with van der Waals surface area (Å²) in [4.78, 5) is 11.6. The minimum atomic E-state index is -0.165. The minimum Gasteiger partial charge on any atom is -0.374 e. The van der Waals surface area contributed by atoms with Gasteiger partial charge in [0.15, 0.2) is 0 Å². The second-order valence-electron chi connectivity index (χ2n) is 7.30. The number of carbonyl (C=O) groups is 1. The lowest BCUT2D eigenvalue weighted by Gasteiger charge is -2.41. The molecule has 28 heavy (non-hydrogen) atoms. The lowest BCUT2D eigenvalue weighted by atomic mass is 9.90. The summed E-state index contributed by atoms with van der Waals surface area (Å²) in [5.74, 6) is 0.0120. The molecule has 4 atom stereocenters. The van der Waals surface area contributed by atoms with Crippen LogP contribution >= 0.6 is 0 Å². The first kappa shape index (κ1) is 20.5. The van der Waals surface area contributed by atoms with Crippen molar-refractivity contribution >= 4 is 5.91 Å². The van der Waals surface area contributed by atoms with Crippen molar-refractivity contribution in [3.05, 3.63) is 71.8 Å². The molecule has 150 valence electrons. The van der Waals surface area contributed by atoms with Gasteiger partial charge in [0.25, 0.3) is 0 Å². The zero-order chi connectivity index (χ0) is 19.8. The van der Waals surface area contributed by atoms with Gasteiger partial charge in [-0.1, -0.05) is 67.6 Å². The number of rotatable bonds is 8. The molecular formula is C23H29NO4. The Hall–Kier alpha value is -2.21. The molecule has 5 heteroatoms. The van der Waals surface area contributed by atoms with Crippen molar-refractivity contribution in [2.75, 3.05) is 13.2 Å². The van der Waals surface area contributed by atoms with Gasteiger partial charge in [-0.05, 0) is 11.1 Å². The second kappa shape index (κ2) is 10.4. The van der Waals surface area contributed by atoms with Crippen molar-refractivity contribution < 1.29 is 19.0 Å². The maximum Gasteiger partial charge on any atom is 0.217 e. The number of nitrogens with one attached hydrogen (secondary N) is 1. The SMILES string of the molecule is CC(=O)N[C@@H]1CO[C@H](COCc2ccccc2)[C@H](C)[C@@H]1OCc1ccccc1. The molecule has 5 nitrogen and oxygen atoms in total. The van der Waals surface area contributed by atoms with E-state index in [4.69, 9.17) is 14.2 Å². The molecule has 2 aromatic carbocycles. The Bertz CT molecular complexity index is 722. The van der Waals surface area contributed by atoms with E-state index >= 15 is 0 Å². The highest BCUT2D eigenvalue weighted by atomic mass is 16.5. The Labute approximate surface area is 167 Å². The van der Waals surface area contributed by atoms with E-state index in [1.807, 2.05) is 60.7 Å². The molecule has 1 saturated heterocycles. The van der Waals surface area contributed by atoms with Gasteiger partial charge in [0.2, 0.25) is 5.91 Å². The van der Waals surface area contributed by atoms with E-state index in [9.17, 15) is 4.79 Å². The normalized spacial score (nSPS) is 24.6. The molecule has 0 saturated carbocycles. The number of hydrogen-bond donors (Lipinski definition) is 1. The van der Waals surface area contributed by atoms with Crippen molar-refractivity contribution in [3.8, 4) is 0 Å². The van der Waals surface area contributed by atoms with E-state index in [1.165, 1.54) is 6.92 Å². The van der Waals surface area contributed by atoms with Crippen LogP contribution < -0.4 is 5.32 Å². The first-order valence-corrected chi connectivity index (χ1v) is 9.79. The molecule has 0 aliphatic carbocycles. The van der Waals surface area contributed by atoms with Crippen LogP contribution in [0.2, 0.25) is 0 Å². The summed E-state index contributed by atoms with van der Waals surface area (Å²) in [5.41, 5.74) is 2.25. The Morgan fingerprint density at radius 2 is 1.64 bits per heavy atom. The average molecular weight is 383 g/mol. The highest BCUT2D eigenvalue weighted by Crippen LogP contribution is 2.26. The van der Waals surface area contributed by atoms with Gasteiger partial charge in [-0.3, -0.25) is 4.79 Å². The Morgan fingerprint density at radius 3 is 2.25 bits per heavy atom. The maximum absolute atomic E-state index is 11.6. The van der Waals surface area contributed by atoms with Crippen LogP contribution in [0.1, 0.15) is 25.0 Å². The van der Waals surface area contributed by atoms with E-state index in [0.717, 1.165) is 11.1 Å². The van der Waals surface area contributed by atoms with Crippen LogP contribution in [0.5, 0.6) is 0 Å². The van der Waals surface area contributed by atoms with Gasteiger partial charge in [-0.2, -0.15) is 0 Å². The monoisotopic (exact) mass is 383 g/mol. The van der Waals surface area contributed by atoms with Crippen LogP contribution in [-0.2, 0) is 32.2 Å². The van der Waals surface area contributed by atoms with Gasteiger partial charge in [0.05, 0.1) is 44.7 Å². The molecule has 3 rings (SSSR count). The molecule has 1 aliphatic heterocycles. The highest BCUT2D eigenvalue weighted by Gasteiger charge is 2.39. The average Bonchev–Trinajstić information content (AvgIpc) is 2.70. The molecule has 2 aromatic rings. The quantitative estimate of drug-likeness (QED) is 0.760. The molecule has 0 bridgehead atoms. The van der Waals surface area contributed by atoms with E-state index in [2.05, 4.69) is 12.2 Å². The van der Waals surface area contributed by atoms with E-state index in [1.54, 1.807) is 0 Å². The van der Waals surface area contributed by atoms with Crippen LogP contribution in [0.15, 0.2) is 60.7 Å². The molecule has 0 radical (unpaired) electrons. The van der Waals surface area contributed by atoms with E-state index in [0.29, 0.717) is 26.4 Å². The first-order valence-electron chi connectivity index (χ1n) is 9.79. The zero-order valence-corrected chi connectivity index (χ0v) is 16.5. The topological polar surface area (TPSA) is 56.8 Å². The molecule has 0 aromatic heterocycles. The summed E-state index contributed by atoms with van der Waals surface area (Å²) in [6.07, 6.45) is -0.210. The van der Waals surface area contributed by atoms with Gasteiger partial charge < -0.3 is 19.5 Å². The smallest absolute Gasteiger partial charge is 0.217 e. The van der Waals surface area contributed by atoms with Crippen molar-refractivity contribution in [2.45, 2.75) is 45.3 Å². The summed E-state index contributed by atoms with van der Waals surface area (Å²) >= 11 is 0. The molecule has 1 heterocycles. The third-order valence-electron chi connectivity index (χ3n) is 5.06. The predicted octanol–water partition coefficient (Wildman–Crippen LogP) is 3.33. The van der Waals surface area contributed by atoms with Crippen LogP contribution in [0.3, 0.4) is 0 Å². The van der Waals surface area contributed by atoms with Gasteiger partial charge >= 0.3 is 0 Å². The van der Waals surface area contributed by atoms with Gasteiger partial charge in [-0.25, -0.2) is 0 Å². The fourth-order valence-electron chi connectivity index (χ4n) is 3.54. The van der Waals surface area contributed by atoms with Gasteiger partial charge in [-0.15, -0.1) is 0 Å². The summed E-state index contributed by atoms with van der Waals surface area (Å²) in [6.45, 7) is 5.59. The summed E-state index contributed by atoms with van der Waals surface area (Å²) in [5, 5.41) is 2.97. The predicted molar refractivity (Wildman–Crippen MR) is 108 cm³/mol. The standard InChI is InChI=1S/C23H29NO4/c1-17-22(16-26-13-19-9-5-3-6-10-19)27-15-21(24-18(2)25)23(17)28-14-20-11-7-4-8-12-20/h3-12,17,21-23H,13-16H2,1-2H3,(H,24,25)/t17-,21+,22+,23-/m0/s1.